The summed E-state index contributed by atoms with van der Waals surface area (Å²) in [4.78, 5) is 11.9. The normalized spacial score (nSPS) is 10.3. The number of hydrogen-bond acceptors (Lipinski definition) is 2. The molecule has 0 heterocycles. The van der Waals surface area contributed by atoms with E-state index >= 15 is 0 Å². The van der Waals surface area contributed by atoms with Crippen LogP contribution in [0.4, 0.5) is 5.69 Å². The van der Waals surface area contributed by atoms with E-state index in [2.05, 4.69) is 5.32 Å². The molecule has 22 heavy (non-hydrogen) atoms. The molecule has 0 aliphatic carbocycles. The van der Waals surface area contributed by atoms with Crippen LogP contribution in [0, 0.1) is 13.8 Å². The number of nitrogens with one attached hydrogen (secondary N) is 1. The molecule has 0 atom stereocenters. The maximum Gasteiger partial charge on any atom is 0.224 e. The summed E-state index contributed by atoms with van der Waals surface area (Å²) < 4.78 is 5.60. The molecule has 0 aliphatic heterocycles. The molecule has 1 N–H and O–H groups in total. The summed E-state index contributed by atoms with van der Waals surface area (Å²) >= 11 is 5.93. The van der Waals surface area contributed by atoms with E-state index in [1.54, 1.807) is 6.07 Å². The van der Waals surface area contributed by atoms with E-state index in [-0.39, 0.29) is 5.91 Å². The first-order chi connectivity index (χ1) is 10.5. The van der Waals surface area contributed by atoms with Gasteiger partial charge in [0.05, 0.1) is 6.61 Å². The van der Waals surface area contributed by atoms with Crippen molar-refractivity contribution in [3.63, 3.8) is 0 Å². The van der Waals surface area contributed by atoms with Gasteiger partial charge >= 0.3 is 0 Å². The Morgan fingerprint density at radius 2 is 1.86 bits per heavy atom. The third-order valence-corrected chi connectivity index (χ3v) is 3.55. The quantitative estimate of drug-likeness (QED) is 0.780. The van der Waals surface area contributed by atoms with Gasteiger partial charge in [0.15, 0.2) is 0 Å². The van der Waals surface area contributed by atoms with Gasteiger partial charge in [-0.1, -0.05) is 35.4 Å². The van der Waals surface area contributed by atoms with Crippen LogP contribution in [0.1, 0.15) is 24.0 Å². The zero-order valence-corrected chi connectivity index (χ0v) is 13.6. The van der Waals surface area contributed by atoms with Crippen LogP contribution in [-0.2, 0) is 4.79 Å². The van der Waals surface area contributed by atoms with E-state index in [0.29, 0.717) is 24.5 Å². The number of carbonyl (C=O) groups is 1. The molecule has 2 aromatic carbocycles. The molecule has 4 heteroatoms. The standard InChI is InChI=1S/C18H20ClNO2/c1-13-5-9-16(10-6-13)22-11-3-4-18(21)20-17-12-15(19)8-7-14(17)2/h5-10,12H,3-4,11H2,1-2H3,(H,20,21). The fourth-order valence-corrected chi connectivity index (χ4v) is 2.17. The van der Waals surface area contributed by atoms with E-state index in [9.17, 15) is 4.79 Å². The van der Waals surface area contributed by atoms with Crippen molar-refractivity contribution in [1.82, 2.24) is 0 Å². The molecule has 0 unspecified atom stereocenters. The highest BCUT2D eigenvalue weighted by atomic mass is 35.5. The van der Waals surface area contributed by atoms with E-state index in [0.717, 1.165) is 17.0 Å². The third-order valence-electron chi connectivity index (χ3n) is 3.31. The van der Waals surface area contributed by atoms with E-state index in [1.807, 2.05) is 50.2 Å². The van der Waals surface area contributed by atoms with Gasteiger partial charge in [-0.05, 0) is 50.1 Å². The molecule has 2 aromatic rings. The second-order valence-corrected chi connectivity index (χ2v) is 5.71. The number of amides is 1. The van der Waals surface area contributed by atoms with E-state index in [1.165, 1.54) is 5.56 Å². The molecule has 0 saturated heterocycles. The zero-order valence-electron chi connectivity index (χ0n) is 12.9. The molecule has 3 nitrogen and oxygen atoms in total. The Morgan fingerprint density at radius 3 is 2.59 bits per heavy atom. The number of carbonyl (C=O) groups excluding carboxylic acids is 1. The molecular formula is C18H20ClNO2. The van der Waals surface area contributed by atoms with Gasteiger partial charge < -0.3 is 10.1 Å². The summed E-state index contributed by atoms with van der Waals surface area (Å²) in [6.07, 6.45) is 1.08. The highest BCUT2D eigenvalue weighted by Crippen LogP contribution is 2.20. The number of ether oxygens (including phenoxy) is 1. The molecule has 0 aliphatic rings. The summed E-state index contributed by atoms with van der Waals surface area (Å²) in [6.45, 7) is 4.49. The van der Waals surface area contributed by atoms with Crippen LogP contribution in [0.3, 0.4) is 0 Å². The number of anilines is 1. The van der Waals surface area contributed by atoms with Gasteiger partial charge in [0.2, 0.25) is 5.91 Å². The lowest BCUT2D eigenvalue weighted by Crippen LogP contribution is -2.13. The lowest BCUT2D eigenvalue weighted by molar-refractivity contribution is -0.116. The summed E-state index contributed by atoms with van der Waals surface area (Å²) in [6, 6.07) is 13.3. The molecule has 1 amide bonds. The second-order valence-electron chi connectivity index (χ2n) is 5.27. The van der Waals surface area contributed by atoms with Crippen molar-refractivity contribution < 1.29 is 9.53 Å². The van der Waals surface area contributed by atoms with Crippen LogP contribution in [0.15, 0.2) is 42.5 Å². The predicted molar refractivity (Wildman–Crippen MR) is 90.7 cm³/mol. The molecule has 0 saturated carbocycles. The summed E-state index contributed by atoms with van der Waals surface area (Å²) in [7, 11) is 0. The van der Waals surface area contributed by atoms with Crippen LogP contribution in [0.25, 0.3) is 0 Å². The Labute approximate surface area is 136 Å². The molecule has 2 rings (SSSR count). The minimum atomic E-state index is -0.0297. The lowest BCUT2D eigenvalue weighted by Gasteiger charge is -2.09. The smallest absolute Gasteiger partial charge is 0.224 e. The average Bonchev–Trinajstić information content (AvgIpc) is 2.49. The fourth-order valence-electron chi connectivity index (χ4n) is 2.00. The number of hydrogen-bond donors (Lipinski definition) is 1. The van der Waals surface area contributed by atoms with Crippen molar-refractivity contribution in [2.75, 3.05) is 11.9 Å². The van der Waals surface area contributed by atoms with Crippen molar-refractivity contribution in [2.24, 2.45) is 0 Å². The molecule has 0 aromatic heterocycles. The van der Waals surface area contributed by atoms with Crippen molar-refractivity contribution in [1.29, 1.82) is 0 Å². The number of rotatable bonds is 6. The molecule has 0 bridgehead atoms. The fraction of sp³-hybridized carbons (Fsp3) is 0.278. The topological polar surface area (TPSA) is 38.3 Å². The Bertz CT molecular complexity index is 638. The van der Waals surface area contributed by atoms with Crippen molar-refractivity contribution in [3.8, 4) is 5.75 Å². The Kier molecular flexibility index (Phi) is 5.84. The Morgan fingerprint density at radius 1 is 1.14 bits per heavy atom. The summed E-state index contributed by atoms with van der Waals surface area (Å²) in [5.41, 5.74) is 2.95. The minimum Gasteiger partial charge on any atom is -0.494 e. The maximum absolute atomic E-state index is 11.9. The number of benzene rings is 2. The molecule has 116 valence electrons. The third kappa shape index (κ3) is 5.08. The zero-order chi connectivity index (χ0) is 15.9. The number of halogens is 1. The van der Waals surface area contributed by atoms with Crippen LogP contribution in [0.5, 0.6) is 5.75 Å². The SMILES string of the molecule is Cc1ccc(OCCCC(=O)Nc2cc(Cl)ccc2C)cc1. The molecular weight excluding hydrogens is 298 g/mol. The van der Waals surface area contributed by atoms with Gasteiger partial charge in [-0.25, -0.2) is 0 Å². The van der Waals surface area contributed by atoms with Gasteiger partial charge in [-0.15, -0.1) is 0 Å². The van der Waals surface area contributed by atoms with Crippen LogP contribution in [0.2, 0.25) is 5.02 Å². The van der Waals surface area contributed by atoms with Gasteiger partial charge in [0.1, 0.15) is 5.75 Å². The highest BCUT2D eigenvalue weighted by Gasteiger charge is 2.05. The maximum atomic E-state index is 11.9. The summed E-state index contributed by atoms with van der Waals surface area (Å²) in [5, 5.41) is 3.49. The lowest BCUT2D eigenvalue weighted by atomic mass is 10.2. The minimum absolute atomic E-state index is 0.0297. The molecule has 0 spiro atoms. The molecule has 0 radical (unpaired) electrons. The molecule has 0 fully saturated rings. The van der Waals surface area contributed by atoms with Crippen molar-refractivity contribution in [2.45, 2.75) is 26.7 Å². The summed E-state index contributed by atoms with van der Waals surface area (Å²) in [5.74, 6) is 0.801. The van der Waals surface area contributed by atoms with Crippen LogP contribution in [-0.4, -0.2) is 12.5 Å². The first-order valence-electron chi connectivity index (χ1n) is 7.30. The predicted octanol–water partition coefficient (Wildman–Crippen LogP) is 4.75. The van der Waals surface area contributed by atoms with Gasteiger partial charge in [0, 0.05) is 17.1 Å². The van der Waals surface area contributed by atoms with Crippen molar-refractivity contribution in [3.05, 3.63) is 58.6 Å². The average molecular weight is 318 g/mol. The van der Waals surface area contributed by atoms with Crippen LogP contribution >= 0.6 is 11.6 Å². The van der Waals surface area contributed by atoms with Gasteiger partial charge in [-0.3, -0.25) is 4.79 Å². The van der Waals surface area contributed by atoms with Gasteiger partial charge in [0.25, 0.3) is 0 Å². The first-order valence-corrected chi connectivity index (χ1v) is 7.68. The van der Waals surface area contributed by atoms with Crippen LogP contribution < -0.4 is 10.1 Å². The first kappa shape index (κ1) is 16.4. The van der Waals surface area contributed by atoms with E-state index in [4.69, 9.17) is 16.3 Å². The Balaban J connectivity index is 1.74. The largest absolute Gasteiger partial charge is 0.494 e. The Hall–Kier alpha value is -2.00. The van der Waals surface area contributed by atoms with Crippen molar-refractivity contribution >= 4 is 23.2 Å². The number of aryl methyl sites for hydroxylation is 2. The van der Waals surface area contributed by atoms with E-state index < -0.39 is 0 Å². The monoisotopic (exact) mass is 317 g/mol. The highest BCUT2D eigenvalue weighted by molar-refractivity contribution is 6.31. The second kappa shape index (κ2) is 7.85. The van der Waals surface area contributed by atoms with Gasteiger partial charge in [-0.2, -0.15) is 0 Å².